The molecular formula is C11H18N4O2S. The smallest absolute Gasteiger partial charge is 0.276 e. The minimum absolute atomic E-state index is 0.0267. The molecule has 0 atom stereocenters. The zero-order chi connectivity index (χ0) is 13.8. The number of rotatable bonds is 6. The minimum atomic E-state index is -0.423. The van der Waals surface area contributed by atoms with Crippen LogP contribution in [0.1, 0.15) is 13.8 Å². The number of anilines is 2. The van der Waals surface area contributed by atoms with E-state index in [0.717, 1.165) is 0 Å². The Hall–Kier alpha value is -1.50. The van der Waals surface area contributed by atoms with Crippen molar-refractivity contribution in [3.8, 4) is 0 Å². The van der Waals surface area contributed by atoms with Crippen molar-refractivity contribution in [3.05, 3.63) is 22.2 Å². The molecule has 0 fully saturated rings. The van der Waals surface area contributed by atoms with Crippen LogP contribution in [0.15, 0.2) is 12.1 Å². The summed E-state index contributed by atoms with van der Waals surface area (Å²) in [5.74, 6) is 0.990. The summed E-state index contributed by atoms with van der Waals surface area (Å²) in [5, 5.41) is 16.7. The number of pyridine rings is 1. The standard InChI is InChI=1S/C11H18N4O2S/c1-11(2,18-4)7-13-10-6-8(15(16)17)5-9(12-3)14-10/h5-6H,7H2,1-4H3,(H2,12,13,14). The predicted octanol–water partition coefficient (Wildman–Crippen LogP) is 2.59. The third kappa shape index (κ3) is 4.06. The Balaban J connectivity index is 2.88. The number of aromatic nitrogens is 1. The zero-order valence-electron chi connectivity index (χ0n) is 11.0. The highest BCUT2D eigenvalue weighted by molar-refractivity contribution is 7.99. The molecular weight excluding hydrogens is 252 g/mol. The fraction of sp³-hybridized carbons (Fsp3) is 0.545. The molecule has 0 saturated carbocycles. The van der Waals surface area contributed by atoms with E-state index >= 15 is 0 Å². The number of nitro groups is 1. The lowest BCUT2D eigenvalue weighted by atomic mass is 10.2. The van der Waals surface area contributed by atoms with E-state index in [9.17, 15) is 10.1 Å². The molecule has 0 aromatic carbocycles. The fourth-order valence-corrected chi connectivity index (χ4v) is 1.43. The third-order valence-corrected chi connectivity index (χ3v) is 3.77. The van der Waals surface area contributed by atoms with Crippen LogP contribution in [0.3, 0.4) is 0 Å². The van der Waals surface area contributed by atoms with E-state index in [4.69, 9.17) is 0 Å². The summed E-state index contributed by atoms with van der Waals surface area (Å²) in [6.07, 6.45) is 2.03. The molecule has 2 N–H and O–H groups in total. The Bertz CT molecular complexity index is 437. The molecule has 0 saturated heterocycles. The van der Waals surface area contributed by atoms with Crippen LogP contribution in [0.2, 0.25) is 0 Å². The summed E-state index contributed by atoms with van der Waals surface area (Å²) in [6.45, 7) is 4.88. The maximum Gasteiger partial charge on any atom is 0.276 e. The first-order valence-corrected chi connectivity index (χ1v) is 6.73. The van der Waals surface area contributed by atoms with Crippen LogP contribution < -0.4 is 10.6 Å². The van der Waals surface area contributed by atoms with E-state index in [1.807, 2.05) is 6.26 Å². The van der Waals surface area contributed by atoms with Crippen molar-refractivity contribution in [2.75, 3.05) is 30.5 Å². The fourth-order valence-electron chi connectivity index (χ4n) is 1.22. The van der Waals surface area contributed by atoms with E-state index < -0.39 is 4.92 Å². The average Bonchev–Trinajstić information content (AvgIpc) is 2.36. The molecule has 18 heavy (non-hydrogen) atoms. The summed E-state index contributed by atoms with van der Waals surface area (Å²) in [5.41, 5.74) is 0.0267. The molecule has 0 aliphatic carbocycles. The van der Waals surface area contributed by atoms with Gasteiger partial charge in [-0.25, -0.2) is 4.98 Å². The van der Waals surface area contributed by atoms with Gasteiger partial charge in [0.25, 0.3) is 5.69 Å². The van der Waals surface area contributed by atoms with Crippen molar-refractivity contribution >= 4 is 29.1 Å². The van der Waals surface area contributed by atoms with E-state index in [2.05, 4.69) is 29.5 Å². The Morgan fingerprint density at radius 2 is 2.06 bits per heavy atom. The molecule has 0 radical (unpaired) electrons. The van der Waals surface area contributed by atoms with E-state index in [-0.39, 0.29) is 10.4 Å². The zero-order valence-corrected chi connectivity index (χ0v) is 11.8. The van der Waals surface area contributed by atoms with Gasteiger partial charge in [-0.05, 0) is 20.1 Å². The lowest BCUT2D eigenvalue weighted by molar-refractivity contribution is -0.384. The summed E-state index contributed by atoms with van der Waals surface area (Å²) in [6, 6.07) is 2.85. The van der Waals surface area contributed by atoms with Crippen LogP contribution in [-0.4, -0.2) is 34.5 Å². The van der Waals surface area contributed by atoms with Gasteiger partial charge in [-0.1, -0.05) is 0 Å². The van der Waals surface area contributed by atoms with Gasteiger partial charge in [0.1, 0.15) is 11.6 Å². The monoisotopic (exact) mass is 270 g/mol. The van der Waals surface area contributed by atoms with Crippen LogP contribution in [0.25, 0.3) is 0 Å². The second kappa shape index (κ2) is 5.90. The van der Waals surface area contributed by atoms with Gasteiger partial charge in [-0.3, -0.25) is 10.1 Å². The van der Waals surface area contributed by atoms with Gasteiger partial charge < -0.3 is 10.6 Å². The molecule has 100 valence electrons. The number of thioether (sulfide) groups is 1. The quantitative estimate of drug-likeness (QED) is 0.611. The number of hydrogen-bond donors (Lipinski definition) is 2. The summed E-state index contributed by atoms with van der Waals surface area (Å²) < 4.78 is 0.0477. The second-order valence-corrected chi connectivity index (χ2v) is 5.93. The Labute approximate surface area is 111 Å². The van der Waals surface area contributed by atoms with Crippen molar-refractivity contribution in [2.24, 2.45) is 0 Å². The molecule has 0 unspecified atom stereocenters. The van der Waals surface area contributed by atoms with E-state index in [1.165, 1.54) is 12.1 Å². The summed E-state index contributed by atoms with van der Waals surface area (Å²) in [4.78, 5) is 14.6. The highest BCUT2D eigenvalue weighted by Crippen LogP contribution is 2.24. The number of nitrogens with zero attached hydrogens (tertiary/aromatic N) is 2. The molecule has 1 aromatic rings. The second-order valence-electron chi connectivity index (χ2n) is 4.42. The summed E-state index contributed by atoms with van der Waals surface area (Å²) >= 11 is 1.73. The molecule has 0 aliphatic rings. The van der Waals surface area contributed by atoms with Crippen molar-refractivity contribution in [1.29, 1.82) is 0 Å². The molecule has 0 spiro atoms. The maximum absolute atomic E-state index is 10.8. The first-order valence-electron chi connectivity index (χ1n) is 5.51. The lowest BCUT2D eigenvalue weighted by Crippen LogP contribution is -2.26. The Morgan fingerprint density at radius 3 is 2.56 bits per heavy atom. The van der Waals surface area contributed by atoms with E-state index in [0.29, 0.717) is 18.2 Å². The largest absolute Gasteiger partial charge is 0.373 e. The third-order valence-electron chi connectivity index (χ3n) is 2.52. The van der Waals surface area contributed by atoms with Crippen LogP contribution in [0.5, 0.6) is 0 Å². The normalized spacial score (nSPS) is 11.1. The molecule has 7 heteroatoms. The van der Waals surface area contributed by atoms with Gasteiger partial charge in [0, 0.05) is 18.3 Å². The minimum Gasteiger partial charge on any atom is -0.373 e. The van der Waals surface area contributed by atoms with Crippen LogP contribution in [0, 0.1) is 10.1 Å². The lowest BCUT2D eigenvalue weighted by Gasteiger charge is -2.22. The average molecular weight is 270 g/mol. The van der Waals surface area contributed by atoms with E-state index in [1.54, 1.807) is 18.8 Å². The van der Waals surface area contributed by atoms with Gasteiger partial charge in [0.2, 0.25) is 0 Å². The van der Waals surface area contributed by atoms with Crippen LogP contribution >= 0.6 is 11.8 Å². The molecule has 1 aromatic heterocycles. The van der Waals surface area contributed by atoms with Gasteiger partial charge in [0.15, 0.2) is 0 Å². The Kier molecular flexibility index (Phi) is 4.77. The van der Waals surface area contributed by atoms with Gasteiger partial charge in [-0.2, -0.15) is 11.8 Å². The SMILES string of the molecule is CNc1cc([N+](=O)[O-])cc(NCC(C)(C)SC)n1. The summed E-state index contributed by atoms with van der Waals surface area (Å²) in [7, 11) is 1.68. The molecule has 0 bridgehead atoms. The highest BCUT2D eigenvalue weighted by atomic mass is 32.2. The first-order chi connectivity index (χ1) is 8.38. The topological polar surface area (TPSA) is 80.1 Å². The van der Waals surface area contributed by atoms with Gasteiger partial charge in [-0.15, -0.1) is 0 Å². The van der Waals surface area contributed by atoms with Crippen LogP contribution in [-0.2, 0) is 0 Å². The predicted molar refractivity (Wildman–Crippen MR) is 76.5 cm³/mol. The molecule has 1 rings (SSSR count). The highest BCUT2D eigenvalue weighted by Gasteiger charge is 2.17. The van der Waals surface area contributed by atoms with Crippen LogP contribution in [0.4, 0.5) is 17.3 Å². The van der Waals surface area contributed by atoms with Gasteiger partial charge >= 0.3 is 0 Å². The number of hydrogen-bond acceptors (Lipinski definition) is 6. The van der Waals surface area contributed by atoms with Crippen molar-refractivity contribution in [1.82, 2.24) is 4.98 Å². The van der Waals surface area contributed by atoms with Gasteiger partial charge in [0.05, 0.1) is 17.1 Å². The van der Waals surface area contributed by atoms with Crippen molar-refractivity contribution < 1.29 is 4.92 Å². The molecule has 0 aliphatic heterocycles. The molecule has 1 heterocycles. The molecule has 0 amide bonds. The van der Waals surface area contributed by atoms with Crippen molar-refractivity contribution in [2.45, 2.75) is 18.6 Å². The number of nitrogens with one attached hydrogen (secondary N) is 2. The van der Waals surface area contributed by atoms with Crippen molar-refractivity contribution in [3.63, 3.8) is 0 Å². The maximum atomic E-state index is 10.8. The molecule has 6 nitrogen and oxygen atoms in total. The Morgan fingerprint density at radius 1 is 1.44 bits per heavy atom. The first kappa shape index (κ1) is 14.6.